The number of imidazole rings is 1. The predicted molar refractivity (Wildman–Crippen MR) is 49.9 cm³/mol. The number of hydrogen-bond donors (Lipinski definition) is 1. The number of unbranched alkanes of at least 4 members (excludes halogenated alkanes) is 1. The standard InChI is InChI=1S/C9H17N3/c1-2-9-11-6-8-12(9)7-4-3-5-10/h6,8H,2-5,7,10H2,1H3. The fourth-order valence-corrected chi connectivity index (χ4v) is 1.28. The van der Waals surface area contributed by atoms with E-state index in [4.69, 9.17) is 5.73 Å². The van der Waals surface area contributed by atoms with Gasteiger partial charge in [-0.3, -0.25) is 0 Å². The van der Waals surface area contributed by atoms with Crippen LogP contribution >= 0.6 is 0 Å². The molecule has 0 unspecified atom stereocenters. The van der Waals surface area contributed by atoms with Crippen LogP contribution in [0, 0.1) is 0 Å². The van der Waals surface area contributed by atoms with Gasteiger partial charge in [-0.15, -0.1) is 0 Å². The van der Waals surface area contributed by atoms with Crippen LogP contribution in [0.15, 0.2) is 12.4 Å². The molecule has 0 bridgehead atoms. The van der Waals surface area contributed by atoms with Crippen molar-refractivity contribution in [3.8, 4) is 0 Å². The lowest BCUT2D eigenvalue weighted by Crippen LogP contribution is -2.05. The molecule has 1 aromatic rings. The van der Waals surface area contributed by atoms with E-state index in [1.165, 1.54) is 5.82 Å². The maximum Gasteiger partial charge on any atom is 0.108 e. The van der Waals surface area contributed by atoms with Crippen LogP contribution in [0.4, 0.5) is 0 Å². The van der Waals surface area contributed by atoms with Gasteiger partial charge in [0.1, 0.15) is 5.82 Å². The summed E-state index contributed by atoms with van der Waals surface area (Å²) in [7, 11) is 0. The second kappa shape index (κ2) is 4.93. The zero-order chi connectivity index (χ0) is 8.81. The van der Waals surface area contributed by atoms with Crippen molar-refractivity contribution in [2.75, 3.05) is 6.54 Å². The maximum atomic E-state index is 5.41. The Morgan fingerprint density at radius 1 is 1.50 bits per heavy atom. The van der Waals surface area contributed by atoms with Gasteiger partial charge in [0.05, 0.1) is 0 Å². The highest BCUT2D eigenvalue weighted by atomic mass is 15.1. The SMILES string of the molecule is CCc1nccn1CCCCN. The molecule has 0 saturated carbocycles. The largest absolute Gasteiger partial charge is 0.335 e. The molecule has 0 amide bonds. The third kappa shape index (κ3) is 2.34. The van der Waals surface area contributed by atoms with Gasteiger partial charge in [-0.05, 0) is 19.4 Å². The maximum absolute atomic E-state index is 5.41. The van der Waals surface area contributed by atoms with Gasteiger partial charge in [0.25, 0.3) is 0 Å². The molecule has 1 aromatic heterocycles. The van der Waals surface area contributed by atoms with E-state index in [2.05, 4.69) is 16.5 Å². The van der Waals surface area contributed by atoms with Gasteiger partial charge in [0.15, 0.2) is 0 Å². The molecular formula is C9H17N3. The van der Waals surface area contributed by atoms with E-state index in [0.29, 0.717) is 0 Å². The molecule has 0 radical (unpaired) electrons. The second-order valence-corrected chi connectivity index (χ2v) is 2.89. The Kier molecular flexibility index (Phi) is 3.80. The molecule has 0 aliphatic carbocycles. The van der Waals surface area contributed by atoms with Crippen molar-refractivity contribution in [2.45, 2.75) is 32.7 Å². The van der Waals surface area contributed by atoms with Crippen LogP contribution in [-0.4, -0.2) is 16.1 Å². The van der Waals surface area contributed by atoms with Crippen LogP contribution in [0.2, 0.25) is 0 Å². The van der Waals surface area contributed by atoms with Crippen molar-refractivity contribution < 1.29 is 0 Å². The summed E-state index contributed by atoms with van der Waals surface area (Å²) in [5.74, 6) is 1.17. The fraction of sp³-hybridized carbons (Fsp3) is 0.667. The molecule has 1 rings (SSSR count). The molecule has 0 aromatic carbocycles. The molecule has 0 saturated heterocycles. The molecule has 68 valence electrons. The summed E-state index contributed by atoms with van der Waals surface area (Å²) >= 11 is 0. The second-order valence-electron chi connectivity index (χ2n) is 2.89. The highest BCUT2D eigenvalue weighted by Gasteiger charge is 1.97. The topological polar surface area (TPSA) is 43.8 Å². The Bertz CT molecular complexity index is 217. The van der Waals surface area contributed by atoms with Crippen LogP contribution in [0.5, 0.6) is 0 Å². The first kappa shape index (κ1) is 9.26. The average molecular weight is 167 g/mol. The van der Waals surface area contributed by atoms with Crippen molar-refractivity contribution in [3.05, 3.63) is 18.2 Å². The van der Waals surface area contributed by atoms with Crippen LogP contribution in [0.1, 0.15) is 25.6 Å². The molecule has 3 heteroatoms. The zero-order valence-corrected chi connectivity index (χ0v) is 7.66. The molecule has 0 aliphatic heterocycles. The minimum absolute atomic E-state index is 0.788. The monoisotopic (exact) mass is 167 g/mol. The Morgan fingerprint density at radius 3 is 3.00 bits per heavy atom. The average Bonchev–Trinajstić information content (AvgIpc) is 2.52. The Morgan fingerprint density at radius 2 is 2.33 bits per heavy atom. The van der Waals surface area contributed by atoms with E-state index in [1.807, 2.05) is 12.4 Å². The van der Waals surface area contributed by atoms with Gasteiger partial charge in [-0.2, -0.15) is 0 Å². The highest BCUT2D eigenvalue weighted by Crippen LogP contribution is 2.00. The Balaban J connectivity index is 2.39. The lowest BCUT2D eigenvalue weighted by molar-refractivity contribution is 0.592. The Hall–Kier alpha value is -0.830. The minimum Gasteiger partial charge on any atom is -0.335 e. The summed E-state index contributed by atoms with van der Waals surface area (Å²) in [6, 6.07) is 0. The van der Waals surface area contributed by atoms with Crippen molar-refractivity contribution in [2.24, 2.45) is 5.73 Å². The van der Waals surface area contributed by atoms with Crippen LogP contribution in [0.25, 0.3) is 0 Å². The van der Waals surface area contributed by atoms with Gasteiger partial charge in [-0.1, -0.05) is 6.92 Å². The molecule has 0 aliphatic rings. The molecule has 0 atom stereocenters. The molecular weight excluding hydrogens is 150 g/mol. The lowest BCUT2D eigenvalue weighted by atomic mass is 10.3. The van der Waals surface area contributed by atoms with Gasteiger partial charge in [-0.25, -0.2) is 4.98 Å². The quantitative estimate of drug-likeness (QED) is 0.669. The van der Waals surface area contributed by atoms with Crippen LogP contribution in [-0.2, 0) is 13.0 Å². The van der Waals surface area contributed by atoms with E-state index in [0.717, 1.165) is 32.4 Å². The number of hydrogen-bond acceptors (Lipinski definition) is 2. The number of aryl methyl sites for hydroxylation is 2. The van der Waals surface area contributed by atoms with E-state index in [9.17, 15) is 0 Å². The molecule has 0 spiro atoms. The third-order valence-corrected chi connectivity index (χ3v) is 1.97. The van der Waals surface area contributed by atoms with Crippen molar-refractivity contribution >= 4 is 0 Å². The first-order valence-electron chi connectivity index (χ1n) is 4.58. The predicted octanol–water partition coefficient (Wildman–Crippen LogP) is 1.18. The summed E-state index contributed by atoms with van der Waals surface area (Å²) in [6.07, 6.45) is 7.16. The van der Waals surface area contributed by atoms with E-state index in [-0.39, 0.29) is 0 Å². The zero-order valence-electron chi connectivity index (χ0n) is 7.66. The third-order valence-electron chi connectivity index (χ3n) is 1.97. The van der Waals surface area contributed by atoms with Crippen molar-refractivity contribution in [1.29, 1.82) is 0 Å². The summed E-state index contributed by atoms with van der Waals surface area (Å²) < 4.78 is 2.20. The number of aromatic nitrogens is 2. The summed E-state index contributed by atoms with van der Waals surface area (Å²) in [5, 5.41) is 0. The van der Waals surface area contributed by atoms with Gasteiger partial charge in [0.2, 0.25) is 0 Å². The summed E-state index contributed by atoms with van der Waals surface area (Å²) in [6.45, 7) is 3.97. The molecule has 3 nitrogen and oxygen atoms in total. The normalized spacial score (nSPS) is 10.5. The van der Waals surface area contributed by atoms with Crippen molar-refractivity contribution in [3.63, 3.8) is 0 Å². The smallest absolute Gasteiger partial charge is 0.108 e. The minimum atomic E-state index is 0.788. The lowest BCUT2D eigenvalue weighted by Gasteiger charge is -2.04. The molecule has 0 fully saturated rings. The van der Waals surface area contributed by atoms with Gasteiger partial charge in [0, 0.05) is 25.4 Å². The Labute approximate surface area is 73.6 Å². The fourth-order valence-electron chi connectivity index (χ4n) is 1.28. The highest BCUT2D eigenvalue weighted by molar-refractivity contribution is 4.91. The van der Waals surface area contributed by atoms with E-state index in [1.54, 1.807) is 0 Å². The van der Waals surface area contributed by atoms with Crippen LogP contribution in [0.3, 0.4) is 0 Å². The number of rotatable bonds is 5. The summed E-state index contributed by atoms with van der Waals surface area (Å²) in [5.41, 5.74) is 5.41. The van der Waals surface area contributed by atoms with E-state index >= 15 is 0 Å². The first-order chi connectivity index (χ1) is 5.88. The molecule has 2 N–H and O–H groups in total. The number of nitrogens with two attached hydrogens (primary N) is 1. The first-order valence-corrected chi connectivity index (χ1v) is 4.58. The van der Waals surface area contributed by atoms with Gasteiger partial charge >= 0.3 is 0 Å². The van der Waals surface area contributed by atoms with Crippen LogP contribution < -0.4 is 5.73 Å². The number of nitrogens with zero attached hydrogens (tertiary/aromatic N) is 2. The molecule has 1 heterocycles. The van der Waals surface area contributed by atoms with Gasteiger partial charge < -0.3 is 10.3 Å². The van der Waals surface area contributed by atoms with E-state index < -0.39 is 0 Å². The van der Waals surface area contributed by atoms with Crippen molar-refractivity contribution in [1.82, 2.24) is 9.55 Å². The summed E-state index contributed by atoms with van der Waals surface area (Å²) in [4.78, 5) is 4.25. The molecule has 12 heavy (non-hydrogen) atoms.